The molecule has 2 heterocycles. The van der Waals surface area contributed by atoms with Gasteiger partial charge >= 0.3 is 0 Å². The highest BCUT2D eigenvalue weighted by Gasteiger charge is 2.35. The predicted molar refractivity (Wildman–Crippen MR) is 108 cm³/mol. The minimum atomic E-state index is -0.351. The van der Waals surface area contributed by atoms with Gasteiger partial charge in [-0.2, -0.15) is 0 Å². The van der Waals surface area contributed by atoms with Crippen molar-refractivity contribution in [3.05, 3.63) is 34.9 Å². The summed E-state index contributed by atoms with van der Waals surface area (Å²) in [6, 6.07) is 6.00. The van der Waals surface area contributed by atoms with Gasteiger partial charge in [0.1, 0.15) is 6.04 Å². The van der Waals surface area contributed by atoms with Crippen molar-refractivity contribution in [3.63, 3.8) is 0 Å². The fourth-order valence-electron chi connectivity index (χ4n) is 3.23. The molecule has 3 rings (SSSR count). The molecule has 0 aliphatic carbocycles. The summed E-state index contributed by atoms with van der Waals surface area (Å²) in [4.78, 5) is 26.8. The predicted octanol–water partition coefficient (Wildman–Crippen LogP) is 2.67. The second-order valence-electron chi connectivity index (χ2n) is 8.04. The van der Waals surface area contributed by atoms with Crippen LogP contribution in [0.2, 0.25) is 0 Å². The third kappa shape index (κ3) is 5.15. The van der Waals surface area contributed by atoms with Crippen LogP contribution in [-0.2, 0) is 29.2 Å². The zero-order chi connectivity index (χ0) is 18.0. The second kappa shape index (κ2) is 8.63. The molecule has 7 heteroatoms. The standard InChI is InChI=1S/C19H27N3O2S.ClH/c1-19(2,3)7-17(23)22-12-25-11-16(22)18(24)21-8-13-4-5-14-9-20-10-15(14)6-13;/h4-6,16,20H,7-12H2,1-3H3,(H,21,24);1H. The highest BCUT2D eigenvalue weighted by molar-refractivity contribution is 7.99. The van der Waals surface area contributed by atoms with E-state index in [9.17, 15) is 9.59 Å². The van der Waals surface area contributed by atoms with Gasteiger partial charge in [-0.05, 0) is 22.1 Å². The number of carbonyl (C=O) groups excluding carboxylic acids is 2. The number of fused-ring (bicyclic) bond motifs is 1. The van der Waals surface area contributed by atoms with Gasteiger partial charge in [0.2, 0.25) is 11.8 Å². The van der Waals surface area contributed by atoms with Crippen molar-refractivity contribution in [1.29, 1.82) is 0 Å². The quantitative estimate of drug-likeness (QED) is 0.819. The van der Waals surface area contributed by atoms with Crippen LogP contribution in [0, 0.1) is 5.41 Å². The lowest BCUT2D eigenvalue weighted by Crippen LogP contribution is -2.47. The van der Waals surface area contributed by atoms with Crippen LogP contribution in [0.1, 0.15) is 43.9 Å². The molecule has 1 saturated heterocycles. The minimum absolute atomic E-state index is 0. The zero-order valence-corrected chi connectivity index (χ0v) is 17.3. The first-order chi connectivity index (χ1) is 11.8. The van der Waals surface area contributed by atoms with Gasteiger partial charge in [-0.15, -0.1) is 24.2 Å². The topological polar surface area (TPSA) is 61.4 Å². The Kier molecular flexibility index (Phi) is 6.99. The molecule has 2 amide bonds. The van der Waals surface area contributed by atoms with Crippen LogP contribution in [0.25, 0.3) is 0 Å². The Morgan fingerprint density at radius 3 is 2.73 bits per heavy atom. The number of nitrogens with one attached hydrogen (secondary N) is 2. The number of halogens is 1. The Balaban J connectivity index is 0.00000243. The first-order valence-electron chi connectivity index (χ1n) is 8.80. The molecule has 2 aliphatic rings. The molecular weight excluding hydrogens is 370 g/mol. The van der Waals surface area contributed by atoms with Crippen LogP contribution in [0.4, 0.5) is 0 Å². The van der Waals surface area contributed by atoms with E-state index in [1.807, 2.05) is 20.8 Å². The highest BCUT2D eigenvalue weighted by atomic mass is 35.5. The number of hydrogen-bond acceptors (Lipinski definition) is 4. The van der Waals surface area contributed by atoms with Gasteiger partial charge in [-0.3, -0.25) is 9.59 Å². The molecule has 1 aromatic carbocycles. The number of thioether (sulfide) groups is 1. The van der Waals surface area contributed by atoms with E-state index in [-0.39, 0.29) is 35.7 Å². The van der Waals surface area contributed by atoms with Gasteiger partial charge in [0.15, 0.2) is 0 Å². The molecule has 144 valence electrons. The largest absolute Gasteiger partial charge is 0.350 e. The summed E-state index contributed by atoms with van der Waals surface area (Å²) in [5.74, 6) is 1.31. The van der Waals surface area contributed by atoms with E-state index in [0.717, 1.165) is 18.7 Å². The van der Waals surface area contributed by atoms with E-state index in [2.05, 4.69) is 28.8 Å². The smallest absolute Gasteiger partial charge is 0.243 e. The van der Waals surface area contributed by atoms with Crippen molar-refractivity contribution in [2.45, 2.75) is 52.9 Å². The van der Waals surface area contributed by atoms with Crippen LogP contribution in [0.3, 0.4) is 0 Å². The number of amides is 2. The molecule has 2 N–H and O–H groups in total. The van der Waals surface area contributed by atoms with Crippen molar-refractivity contribution in [3.8, 4) is 0 Å². The van der Waals surface area contributed by atoms with Crippen molar-refractivity contribution in [2.24, 2.45) is 5.41 Å². The maximum absolute atomic E-state index is 12.6. The van der Waals surface area contributed by atoms with E-state index in [4.69, 9.17) is 0 Å². The Bertz CT molecular complexity index is 675. The maximum atomic E-state index is 12.6. The lowest BCUT2D eigenvalue weighted by atomic mass is 9.91. The summed E-state index contributed by atoms with van der Waals surface area (Å²) in [6.45, 7) is 8.47. The van der Waals surface area contributed by atoms with Crippen LogP contribution < -0.4 is 10.6 Å². The van der Waals surface area contributed by atoms with Crippen LogP contribution >= 0.6 is 24.2 Å². The van der Waals surface area contributed by atoms with Crippen molar-refractivity contribution in [1.82, 2.24) is 15.5 Å². The summed E-state index contributed by atoms with van der Waals surface area (Å²) in [5.41, 5.74) is 3.68. The number of rotatable bonds is 4. The summed E-state index contributed by atoms with van der Waals surface area (Å²) >= 11 is 1.65. The molecule has 0 bridgehead atoms. The average molecular weight is 398 g/mol. The Morgan fingerprint density at radius 2 is 2.00 bits per heavy atom. The Morgan fingerprint density at radius 1 is 1.27 bits per heavy atom. The SMILES string of the molecule is CC(C)(C)CC(=O)N1CSCC1C(=O)NCc1ccc2c(c1)CNC2.Cl. The molecule has 0 radical (unpaired) electrons. The van der Waals surface area contributed by atoms with Crippen LogP contribution in [-0.4, -0.2) is 34.4 Å². The minimum Gasteiger partial charge on any atom is -0.350 e. The van der Waals surface area contributed by atoms with E-state index in [1.54, 1.807) is 16.7 Å². The van der Waals surface area contributed by atoms with Crippen molar-refractivity contribution in [2.75, 3.05) is 11.6 Å². The van der Waals surface area contributed by atoms with Crippen molar-refractivity contribution >= 4 is 36.0 Å². The number of benzene rings is 1. The van der Waals surface area contributed by atoms with Gasteiger partial charge in [0.05, 0.1) is 5.88 Å². The molecule has 0 aromatic heterocycles. The summed E-state index contributed by atoms with van der Waals surface area (Å²) in [5, 5.41) is 6.34. The monoisotopic (exact) mass is 397 g/mol. The molecule has 0 saturated carbocycles. The molecule has 1 atom stereocenters. The number of carbonyl (C=O) groups is 2. The summed E-state index contributed by atoms with van der Waals surface area (Å²) < 4.78 is 0. The summed E-state index contributed by atoms with van der Waals surface area (Å²) in [7, 11) is 0. The first kappa shape index (κ1) is 21.1. The van der Waals surface area contributed by atoms with E-state index >= 15 is 0 Å². The van der Waals surface area contributed by atoms with E-state index in [1.165, 1.54) is 11.1 Å². The fourth-order valence-corrected chi connectivity index (χ4v) is 4.41. The average Bonchev–Trinajstić information content (AvgIpc) is 3.19. The number of nitrogens with zero attached hydrogens (tertiary/aromatic N) is 1. The molecule has 2 aliphatic heterocycles. The Labute approximate surface area is 166 Å². The third-order valence-corrected chi connectivity index (χ3v) is 5.57. The fraction of sp³-hybridized carbons (Fsp3) is 0.579. The van der Waals surface area contributed by atoms with Gasteiger partial charge in [-0.1, -0.05) is 39.0 Å². The second-order valence-corrected chi connectivity index (χ2v) is 9.04. The molecule has 0 spiro atoms. The number of hydrogen-bond donors (Lipinski definition) is 2. The lowest BCUT2D eigenvalue weighted by Gasteiger charge is -2.26. The van der Waals surface area contributed by atoms with Crippen LogP contribution in [0.15, 0.2) is 18.2 Å². The lowest BCUT2D eigenvalue weighted by molar-refractivity contribution is -0.139. The third-order valence-electron chi connectivity index (χ3n) is 4.56. The molecule has 26 heavy (non-hydrogen) atoms. The van der Waals surface area contributed by atoms with Gasteiger partial charge < -0.3 is 15.5 Å². The van der Waals surface area contributed by atoms with Crippen molar-refractivity contribution < 1.29 is 9.59 Å². The molecule has 1 fully saturated rings. The first-order valence-corrected chi connectivity index (χ1v) is 9.95. The molecule has 1 aromatic rings. The normalized spacial score (nSPS) is 19.0. The van der Waals surface area contributed by atoms with Gasteiger partial charge in [0.25, 0.3) is 0 Å². The molecule has 5 nitrogen and oxygen atoms in total. The maximum Gasteiger partial charge on any atom is 0.243 e. The summed E-state index contributed by atoms with van der Waals surface area (Å²) in [6.07, 6.45) is 0.467. The molecular formula is C19H28ClN3O2S. The van der Waals surface area contributed by atoms with Gasteiger partial charge in [0, 0.05) is 31.8 Å². The van der Waals surface area contributed by atoms with Crippen LogP contribution in [0.5, 0.6) is 0 Å². The van der Waals surface area contributed by atoms with E-state index in [0.29, 0.717) is 24.6 Å². The molecule has 1 unspecified atom stereocenters. The van der Waals surface area contributed by atoms with E-state index < -0.39 is 0 Å². The highest BCUT2D eigenvalue weighted by Crippen LogP contribution is 2.26. The zero-order valence-electron chi connectivity index (χ0n) is 15.6. The Hall–Kier alpha value is -1.24. The van der Waals surface area contributed by atoms with Gasteiger partial charge in [-0.25, -0.2) is 0 Å².